The van der Waals surface area contributed by atoms with Gasteiger partial charge < -0.3 is 9.47 Å². The Morgan fingerprint density at radius 1 is 0.933 bits per heavy atom. The molecule has 3 aromatic carbocycles. The van der Waals surface area contributed by atoms with Gasteiger partial charge in [0, 0.05) is 6.07 Å². The SMILES string of the molecule is O=C(COc1ccc(OCc2ccccc2)cc1)NN=Cc1ccccc1[N+](=O)[O-]. The lowest BCUT2D eigenvalue weighted by Gasteiger charge is -2.08. The molecule has 3 rings (SSSR count). The molecule has 0 saturated heterocycles. The standard InChI is InChI=1S/C22H19N3O5/c26-22(24-23-14-18-8-4-5-9-21(18)25(27)28)16-30-20-12-10-19(11-13-20)29-15-17-6-2-1-3-7-17/h1-14H,15-16H2,(H,24,26). The molecule has 0 aliphatic heterocycles. The van der Waals surface area contributed by atoms with Gasteiger partial charge in [-0.1, -0.05) is 42.5 Å². The van der Waals surface area contributed by atoms with E-state index in [1.54, 1.807) is 36.4 Å². The quantitative estimate of drug-likeness (QED) is 0.332. The molecular weight excluding hydrogens is 386 g/mol. The fourth-order valence-electron chi connectivity index (χ4n) is 2.49. The smallest absolute Gasteiger partial charge is 0.278 e. The highest BCUT2D eigenvalue weighted by atomic mass is 16.6. The number of nitrogens with zero attached hydrogens (tertiary/aromatic N) is 2. The third kappa shape index (κ3) is 6.16. The molecule has 0 unspecified atom stereocenters. The van der Waals surface area contributed by atoms with Crippen LogP contribution in [0.5, 0.6) is 11.5 Å². The van der Waals surface area contributed by atoms with E-state index in [9.17, 15) is 14.9 Å². The van der Waals surface area contributed by atoms with Gasteiger partial charge in [-0.05, 0) is 35.9 Å². The Balaban J connectivity index is 1.44. The predicted octanol–water partition coefficient (Wildman–Crippen LogP) is 3.70. The highest BCUT2D eigenvalue weighted by Crippen LogP contribution is 2.19. The summed E-state index contributed by atoms with van der Waals surface area (Å²) in [7, 11) is 0. The van der Waals surface area contributed by atoms with Crippen molar-refractivity contribution in [3.63, 3.8) is 0 Å². The fourth-order valence-corrected chi connectivity index (χ4v) is 2.49. The minimum Gasteiger partial charge on any atom is -0.489 e. The minimum atomic E-state index is -0.514. The van der Waals surface area contributed by atoms with Crippen molar-refractivity contribution < 1.29 is 19.2 Å². The van der Waals surface area contributed by atoms with Crippen molar-refractivity contribution in [1.29, 1.82) is 0 Å². The van der Waals surface area contributed by atoms with E-state index < -0.39 is 10.8 Å². The maximum absolute atomic E-state index is 11.8. The van der Waals surface area contributed by atoms with Crippen molar-refractivity contribution in [1.82, 2.24) is 5.43 Å². The maximum Gasteiger partial charge on any atom is 0.278 e. The summed E-state index contributed by atoms with van der Waals surface area (Å²) in [4.78, 5) is 22.3. The van der Waals surface area contributed by atoms with Crippen molar-refractivity contribution in [2.24, 2.45) is 5.10 Å². The first-order chi connectivity index (χ1) is 14.6. The number of hydrazone groups is 1. The van der Waals surface area contributed by atoms with Gasteiger partial charge in [0.2, 0.25) is 0 Å². The van der Waals surface area contributed by atoms with Gasteiger partial charge in [-0.15, -0.1) is 0 Å². The van der Waals surface area contributed by atoms with Gasteiger partial charge in [0.1, 0.15) is 18.1 Å². The number of rotatable bonds is 9. The van der Waals surface area contributed by atoms with Gasteiger partial charge in [0.25, 0.3) is 11.6 Å². The average Bonchev–Trinajstić information content (AvgIpc) is 2.78. The fraction of sp³-hybridized carbons (Fsp3) is 0.0909. The summed E-state index contributed by atoms with van der Waals surface area (Å²) in [5, 5.41) is 14.7. The van der Waals surface area contributed by atoms with Crippen LogP contribution in [0.15, 0.2) is 84.0 Å². The number of para-hydroxylation sites is 1. The van der Waals surface area contributed by atoms with Gasteiger partial charge in [-0.3, -0.25) is 14.9 Å². The largest absolute Gasteiger partial charge is 0.489 e. The number of hydrogen-bond acceptors (Lipinski definition) is 6. The summed E-state index contributed by atoms with van der Waals surface area (Å²) in [6, 6.07) is 22.8. The maximum atomic E-state index is 11.8. The van der Waals surface area contributed by atoms with Crippen LogP contribution in [0.25, 0.3) is 0 Å². The van der Waals surface area contributed by atoms with E-state index in [0.717, 1.165) is 5.56 Å². The first-order valence-electron chi connectivity index (χ1n) is 9.07. The Morgan fingerprint density at radius 3 is 2.27 bits per heavy atom. The Hall–Kier alpha value is -4.20. The summed E-state index contributed by atoms with van der Waals surface area (Å²) in [6.45, 7) is 0.208. The number of nitro benzene ring substituents is 1. The first-order valence-corrected chi connectivity index (χ1v) is 9.07. The molecule has 8 heteroatoms. The number of ether oxygens (including phenoxy) is 2. The van der Waals surface area contributed by atoms with E-state index in [-0.39, 0.29) is 17.9 Å². The molecule has 30 heavy (non-hydrogen) atoms. The normalized spacial score (nSPS) is 10.5. The Labute approximate surface area is 172 Å². The molecule has 0 radical (unpaired) electrons. The number of benzene rings is 3. The summed E-state index contributed by atoms with van der Waals surface area (Å²) < 4.78 is 11.1. The molecule has 0 atom stereocenters. The van der Waals surface area contributed by atoms with Gasteiger partial charge in [-0.25, -0.2) is 5.43 Å². The molecule has 0 saturated carbocycles. The molecule has 0 aromatic heterocycles. The molecule has 152 valence electrons. The number of carbonyl (C=O) groups is 1. The first kappa shape index (κ1) is 20.5. The zero-order valence-electron chi connectivity index (χ0n) is 15.9. The van der Waals surface area contributed by atoms with Crippen molar-refractivity contribution in [2.45, 2.75) is 6.61 Å². The predicted molar refractivity (Wildman–Crippen MR) is 112 cm³/mol. The van der Waals surface area contributed by atoms with E-state index >= 15 is 0 Å². The molecule has 0 spiro atoms. The van der Waals surface area contributed by atoms with E-state index in [2.05, 4.69) is 10.5 Å². The highest BCUT2D eigenvalue weighted by molar-refractivity contribution is 5.86. The highest BCUT2D eigenvalue weighted by Gasteiger charge is 2.10. The van der Waals surface area contributed by atoms with Crippen molar-refractivity contribution >= 4 is 17.8 Å². The number of amides is 1. The third-order valence-electron chi connectivity index (χ3n) is 3.97. The van der Waals surface area contributed by atoms with E-state index in [1.807, 2.05) is 30.3 Å². The van der Waals surface area contributed by atoms with Crippen molar-refractivity contribution in [2.75, 3.05) is 6.61 Å². The molecule has 0 fully saturated rings. The lowest BCUT2D eigenvalue weighted by molar-refractivity contribution is -0.385. The summed E-state index contributed by atoms with van der Waals surface area (Å²) >= 11 is 0. The average molecular weight is 405 g/mol. The van der Waals surface area contributed by atoms with E-state index in [1.165, 1.54) is 18.3 Å². The number of hydrogen-bond donors (Lipinski definition) is 1. The molecule has 1 amide bonds. The van der Waals surface area contributed by atoms with Gasteiger partial charge in [-0.2, -0.15) is 5.10 Å². The van der Waals surface area contributed by atoms with E-state index in [0.29, 0.717) is 18.1 Å². The van der Waals surface area contributed by atoms with Crippen LogP contribution >= 0.6 is 0 Å². The number of nitrogens with one attached hydrogen (secondary N) is 1. The third-order valence-corrected chi connectivity index (χ3v) is 3.97. The Bertz CT molecular complexity index is 1020. The molecule has 8 nitrogen and oxygen atoms in total. The molecular formula is C22H19N3O5. The molecule has 0 aliphatic rings. The molecule has 1 N–H and O–H groups in total. The summed E-state index contributed by atoms with van der Waals surface area (Å²) in [6.07, 6.45) is 1.22. The lowest BCUT2D eigenvalue weighted by atomic mass is 10.2. The van der Waals surface area contributed by atoms with Crippen LogP contribution in [0.2, 0.25) is 0 Å². The van der Waals surface area contributed by atoms with Crippen molar-refractivity contribution in [3.05, 3.63) is 100 Å². The number of carbonyl (C=O) groups excluding carboxylic acids is 1. The van der Waals surface area contributed by atoms with Gasteiger partial charge >= 0.3 is 0 Å². The van der Waals surface area contributed by atoms with Crippen LogP contribution in [0, 0.1) is 10.1 Å². The van der Waals surface area contributed by atoms with Crippen molar-refractivity contribution in [3.8, 4) is 11.5 Å². The van der Waals surface area contributed by atoms with Crippen LogP contribution in [0.1, 0.15) is 11.1 Å². The zero-order chi connectivity index (χ0) is 21.2. The van der Waals surface area contributed by atoms with Gasteiger partial charge in [0.15, 0.2) is 6.61 Å². The molecule has 3 aromatic rings. The second-order valence-corrected chi connectivity index (χ2v) is 6.14. The topological polar surface area (TPSA) is 103 Å². The zero-order valence-corrected chi connectivity index (χ0v) is 15.9. The summed E-state index contributed by atoms with van der Waals surface area (Å²) in [5.74, 6) is 0.693. The van der Waals surface area contributed by atoms with Crippen LogP contribution in [0.4, 0.5) is 5.69 Å². The molecule has 0 bridgehead atoms. The second-order valence-electron chi connectivity index (χ2n) is 6.14. The van der Waals surface area contributed by atoms with Gasteiger partial charge in [0.05, 0.1) is 16.7 Å². The lowest BCUT2D eigenvalue weighted by Crippen LogP contribution is -2.24. The summed E-state index contributed by atoms with van der Waals surface area (Å²) in [5.41, 5.74) is 3.53. The van der Waals surface area contributed by atoms with Crippen LogP contribution in [0.3, 0.4) is 0 Å². The van der Waals surface area contributed by atoms with Crippen LogP contribution in [-0.2, 0) is 11.4 Å². The Kier molecular flexibility index (Phi) is 7.10. The minimum absolute atomic E-state index is 0.0960. The molecule has 0 aliphatic carbocycles. The van der Waals surface area contributed by atoms with E-state index in [4.69, 9.17) is 9.47 Å². The monoisotopic (exact) mass is 405 g/mol. The number of nitro groups is 1. The van der Waals surface area contributed by atoms with Crippen LogP contribution in [-0.4, -0.2) is 23.7 Å². The second kappa shape index (κ2) is 10.4. The Morgan fingerprint density at radius 2 is 1.57 bits per heavy atom. The molecule has 0 heterocycles. The van der Waals surface area contributed by atoms with Crippen LogP contribution < -0.4 is 14.9 Å².